The predicted octanol–water partition coefficient (Wildman–Crippen LogP) is 1.19. The van der Waals surface area contributed by atoms with Gasteiger partial charge in [-0.3, -0.25) is 4.90 Å². The topological polar surface area (TPSA) is 63.4 Å². The number of hydrogen-bond acceptors (Lipinski definition) is 5. The molecule has 3 N–H and O–H groups in total. The van der Waals surface area contributed by atoms with E-state index in [1.54, 1.807) is 6.20 Å². The van der Waals surface area contributed by atoms with E-state index in [0.717, 1.165) is 45.1 Å². The van der Waals surface area contributed by atoms with Crippen LogP contribution in [0, 0.1) is 0 Å². The summed E-state index contributed by atoms with van der Waals surface area (Å²) in [6, 6.07) is 3.78. The number of nitrogens with one attached hydrogen (secondary N) is 1. The van der Waals surface area contributed by atoms with Crippen molar-refractivity contribution in [2.45, 2.75) is 12.8 Å². The van der Waals surface area contributed by atoms with Gasteiger partial charge >= 0.3 is 0 Å². The second-order valence-electron chi connectivity index (χ2n) is 4.56. The fourth-order valence-electron chi connectivity index (χ4n) is 2.01. The molecule has 2 rings (SSSR count). The van der Waals surface area contributed by atoms with Crippen LogP contribution in [0.2, 0.25) is 0 Å². The fourth-order valence-corrected chi connectivity index (χ4v) is 2.01. The van der Waals surface area contributed by atoms with Crippen LogP contribution in [0.4, 0.5) is 11.5 Å². The minimum atomic E-state index is 0.702. The third-order valence-corrected chi connectivity index (χ3v) is 3.10. The van der Waals surface area contributed by atoms with E-state index in [0.29, 0.717) is 5.69 Å². The van der Waals surface area contributed by atoms with Crippen LogP contribution in [-0.2, 0) is 4.74 Å². The highest BCUT2D eigenvalue weighted by atomic mass is 16.5. The van der Waals surface area contributed by atoms with Crippen molar-refractivity contribution in [3.63, 3.8) is 0 Å². The number of nitrogen functional groups attached to an aromatic ring is 1. The number of nitrogens with zero attached hydrogens (tertiary/aromatic N) is 2. The molecule has 0 aromatic carbocycles. The summed E-state index contributed by atoms with van der Waals surface area (Å²) in [5.74, 6) is 0.899. The Kier molecular flexibility index (Phi) is 5.23. The molecule has 0 amide bonds. The Morgan fingerprint density at radius 2 is 2.11 bits per heavy atom. The number of rotatable bonds is 6. The molecule has 1 aliphatic heterocycles. The molecule has 0 aliphatic carbocycles. The minimum Gasteiger partial charge on any atom is -0.397 e. The van der Waals surface area contributed by atoms with E-state index < -0.39 is 0 Å². The van der Waals surface area contributed by atoms with Gasteiger partial charge in [-0.05, 0) is 31.5 Å². The minimum absolute atomic E-state index is 0.702. The molecule has 1 aromatic heterocycles. The van der Waals surface area contributed by atoms with Gasteiger partial charge in [0.1, 0.15) is 5.82 Å². The standard InChI is InChI=1S/C13H22N4O/c14-12-3-4-13(16-11-12)15-5-1-2-6-17-7-9-18-10-8-17/h3-4,11H,1-2,5-10,14H2,(H,15,16). The molecule has 2 heterocycles. The van der Waals surface area contributed by atoms with Crippen molar-refractivity contribution in [3.8, 4) is 0 Å². The maximum Gasteiger partial charge on any atom is 0.126 e. The number of aromatic nitrogens is 1. The van der Waals surface area contributed by atoms with Crippen LogP contribution in [0.1, 0.15) is 12.8 Å². The van der Waals surface area contributed by atoms with E-state index in [4.69, 9.17) is 10.5 Å². The molecule has 0 saturated carbocycles. The molecular formula is C13H22N4O. The zero-order chi connectivity index (χ0) is 12.6. The second kappa shape index (κ2) is 7.18. The van der Waals surface area contributed by atoms with Gasteiger partial charge in [0.25, 0.3) is 0 Å². The first-order valence-electron chi connectivity index (χ1n) is 6.60. The summed E-state index contributed by atoms with van der Waals surface area (Å²) >= 11 is 0. The van der Waals surface area contributed by atoms with Crippen molar-refractivity contribution in [1.82, 2.24) is 9.88 Å². The number of hydrogen-bond donors (Lipinski definition) is 2. The van der Waals surface area contributed by atoms with Crippen LogP contribution in [0.3, 0.4) is 0 Å². The van der Waals surface area contributed by atoms with Crippen molar-refractivity contribution >= 4 is 11.5 Å². The number of nitrogens with two attached hydrogens (primary N) is 1. The van der Waals surface area contributed by atoms with Crippen molar-refractivity contribution in [2.75, 3.05) is 50.4 Å². The summed E-state index contributed by atoms with van der Waals surface area (Å²) in [7, 11) is 0. The van der Waals surface area contributed by atoms with Gasteiger partial charge in [0.2, 0.25) is 0 Å². The van der Waals surface area contributed by atoms with Crippen molar-refractivity contribution in [2.24, 2.45) is 0 Å². The first kappa shape index (κ1) is 13.1. The number of ether oxygens (including phenoxy) is 1. The molecule has 0 bridgehead atoms. The number of anilines is 2. The smallest absolute Gasteiger partial charge is 0.126 e. The summed E-state index contributed by atoms with van der Waals surface area (Å²) < 4.78 is 5.32. The van der Waals surface area contributed by atoms with Crippen LogP contribution >= 0.6 is 0 Å². The molecule has 1 aliphatic rings. The summed E-state index contributed by atoms with van der Waals surface area (Å²) in [5, 5.41) is 3.30. The SMILES string of the molecule is Nc1ccc(NCCCCN2CCOCC2)nc1. The first-order valence-corrected chi connectivity index (χ1v) is 6.60. The lowest BCUT2D eigenvalue weighted by Gasteiger charge is -2.26. The Morgan fingerprint density at radius 3 is 2.83 bits per heavy atom. The zero-order valence-corrected chi connectivity index (χ0v) is 10.8. The van der Waals surface area contributed by atoms with E-state index in [-0.39, 0.29) is 0 Å². The number of unbranched alkanes of at least 4 members (excludes halogenated alkanes) is 1. The van der Waals surface area contributed by atoms with Crippen molar-refractivity contribution in [3.05, 3.63) is 18.3 Å². The summed E-state index contributed by atoms with van der Waals surface area (Å²) in [6.07, 6.45) is 4.04. The first-order chi connectivity index (χ1) is 8.84. The lowest BCUT2D eigenvalue weighted by molar-refractivity contribution is 0.0373. The Hall–Kier alpha value is -1.33. The molecule has 5 heteroatoms. The average Bonchev–Trinajstić information content (AvgIpc) is 2.42. The zero-order valence-electron chi connectivity index (χ0n) is 10.8. The van der Waals surface area contributed by atoms with Gasteiger partial charge in [0.05, 0.1) is 25.1 Å². The highest BCUT2D eigenvalue weighted by Gasteiger charge is 2.08. The van der Waals surface area contributed by atoms with Gasteiger partial charge < -0.3 is 15.8 Å². The maximum atomic E-state index is 5.58. The Morgan fingerprint density at radius 1 is 1.28 bits per heavy atom. The van der Waals surface area contributed by atoms with E-state index in [1.165, 1.54) is 13.0 Å². The Bertz CT molecular complexity index is 335. The molecule has 0 radical (unpaired) electrons. The van der Waals surface area contributed by atoms with E-state index in [1.807, 2.05) is 12.1 Å². The van der Waals surface area contributed by atoms with Crippen LogP contribution in [0.25, 0.3) is 0 Å². The highest BCUT2D eigenvalue weighted by molar-refractivity contribution is 5.43. The average molecular weight is 250 g/mol. The van der Waals surface area contributed by atoms with Crippen molar-refractivity contribution in [1.29, 1.82) is 0 Å². The third-order valence-electron chi connectivity index (χ3n) is 3.10. The van der Waals surface area contributed by atoms with Crippen LogP contribution < -0.4 is 11.1 Å². The van der Waals surface area contributed by atoms with E-state index >= 15 is 0 Å². The quantitative estimate of drug-likeness (QED) is 0.743. The molecule has 18 heavy (non-hydrogen) atoms. The fraction of sp³-hybridized carbons (Fsp3) is 0.615. The van der Waals surface area contributed by atoms with E-state index in [2.05, 4.69) is 15.2 Å². The van der Waals surface area contributed by atoms with Crippen molar-refractivity contribution < 1.29 is 4.74 Å². The molecule has 0 atom stereocenters. The van der Waals surface area contributed by atoms with Gasteiger partial charge in [-0.25, -0.2) is 4.98 Å². The molecular weight excluding hydrogens is 228 g/mol. The normalized spacial score (nSPS) is 16.7. The van der Waals surface area contributed by atoms with Crippen LogP contribution in [0.5, 0.6) is 0 Å². The summed E-state index contributed by atoms with van der Waals surface area (Å²) in [6.45, 7) is 6.04. The van der Waals surface area contributed by atoms with Gasteiger partial charge in [-0.2, -0.15) is 0 Å². The largest absolute Gasteiger partial charge is 0.397 e. The van der Waals surface area contributed by atoms with Crippen LogP contribution in [0.15, 0.2) is 18.3 Å². The lowest BCUT2D eigenvalue weighted by atomic mass is 10.2. The number of pyridine rings is 1. The summed E-state index contributed by atoms with van der Waals surface area (Å²) in [5.41, 5.74) is 6.28. The third kappa shape index (κ3) is 4.50. The highest BCUT2D eigenvalue weighted by Crippen LogP contribution is 2.06. The van der Waals surface area contributed by atoms with Gasteiger partial charge in [0.15, 0.2) is 0 Å². The van der Waals surface area contributed by atoms with Crippen LogP contribution in [-0.4, -0.2) is 49.3 Å². The van der Waals surface area contributed by atoms with E-state index in [9.17, 15) is 0 Å². The Labute approximate surface area is 108 Å². The lowest BCUT2D eigenvalue weighted by Crippen LogP contribution is -2.36. The molecule has 0 spiro atoms. The molecule has 1 saturated heterocycles. The molecule has 100 valence electrons. The van der Waals surface area contributed by atoms with Gasteiger partial charge in [-0.15, -0.1) is 0 Å². The monoisotopic (exact) mass is 250 g/mol. The predicted molar refractivity (Wildman–Crippen MR) is 73.6 cm³/mol. The van der Waals surface area contributed by atoms with Gasteiger partial charge in [-0.1, -0.05) is 0 Å². The summed E-state index contributed by atoms with van der Waals surface area (Å²) in [4.78, 5) is 6.67. The Balaban J connectivity index is 1.54. The molecule has 1 fully saturated rings. The van der Waals surface area contributed by atoms with Gasteiger partial charge in [0, 0.05) is 19.6 Å². The number of morpholine rings is 1. The second-order valence-corrected chi connectivity index (χ2v) is 4.56. The molecule has 1 aromatic rings. The molecule has 5 nitrogen and oxygen atoms in total. The maximum absolute atomic E-state index is 5.58. The molecule has 0 unspecified atom stereocenters.